The quantitative estimate of drug-likeness (QED) is 0.524. The molecule has 0 radical (unpaired) electrons. The zero-order valence-electron chi connectivity index (χ0n) is 20.0. The second kappa shape index (κ2) is 11.7. The van der Waals surface area contributed by atoms with Gasteiger partial charge in [0.15, 0.2) is 0 Å². The number of aryl methyl sites for hydroxylation is 1. The Labute approximate surface area is 205 Å². The standard InChI is InChI=1S/C24H31ClFN3O4S/c1-6-17(3)27-24(31)18(4)28(14-19-9-7-8-16(2)12-19)23(30)15-29(34(5,32)33)20-10-11-22(26)21(25)13-20/h7-13,17-18H,6,14-15H2,1-5H3,(H,27,31)/t17-,18+/m1/s1. The van der Waals surface area contributed by atoms with E-state index in [0.29, 0.717) is 0 Å². The van der Waals surface area contributed by atoms with Crippen LogP contribution in [0.4, 0.5) is 10.1 Å². The van der Waals surface area contributed by atoms with Crippen LogP contribution in [0, 0.1) is 12.7 Å². The Morgan fingerprint density at radius 1 is 1.15 bits per heavy atom. The van der Waals surface area contributed by atoms with E-state index in [4.69, 9.17) is 11.6 Å². The van der Waals surface area contributed by atoms with Crippen molar-refractivity contribution < 1.29 is 22.4 Å². The molecule has 2 rings (SSSR count). The minimum absolute atomic E-state index is 0.0504. The van der Waals surface area contributed by atoms with Gasteiger partial charge in [-0.25, -0.2) is 12.8 Å². The summed E-state index contributed by atoms with van der Waals surface area (Å²) in [5.41, 5.74) is 1.84. The third-order valence-corrected chi connectivity index (χ3v) is 6.90. The van der Waals surface area contributed by atoms with Crippen LogP contribution in [0.1, 0.15) is 38.3 Å². The average Bonchev–Trinajstić information content (AvgIpc) is 2.76. The van der Waals surface area contributed by atoms with Crippen LogP contribution in [0.2, 0.25) is 5.02 Å². The van der Waals surface area contributed by atoms with E-state index in [-0.39, 0.29) is 29.2 Å². The van der Waals surface area contributed by atoms with E-state index < -0.39 is 34.3 Å². The van der Waals surface area contributed by atoms with Crippen molar-refractivity contribution in [3.05, 3.63) is 64.4 Å². The lowest BCUT2D eigenvalue weighted by Crippen LogP contribution is -2.52. The van der Waals surface area contributed by atoms with Gasteiger partial charge in [0, 0.05) is 12.6 Å². The molecule has 2 amide bonds. The van der Waals surface area contributed by atoms with Gasteiger partial charge >= 0.3 is 0 Å². The first-order valence-corrected chi connectivity index (χ1v) is 13.1. The molecule has 0 fully saturated rings. The molecule has 2 atom stereocenters. The monoisotopic (exact) mass is 511 g/mol. The molecule has 0 unspecified atom stereocenters. The van der Waals surface area contributed by atoms with Gasteiger partial charge in [0.05, 0.1) is 17.0 Å². The highest BCUT2D eigenvalue weighted by molar-refractivity contribution is 7.92. The number of anilines is 1. The highest BCUT2D eigenvalue weighted by atomic mass is 35.5. The van der Waals surface area contributed by atoms with Gasteiger partial charge in [-0.1, -0.05) is 48.4 Å². The predicted octanol–water partition coefficient (Wildman–Crippen LogP) is 3.89. The van der Waals surface area contributed by atoms with Gasteiger partial charge in [-0.15, -0.1) is 0 Å². The molecule has 0 aliphatic carbocycles. The third-order valence-electron chi connectivity index (χ3n) is 5.47. The Balaban J connectivity index is 2.41. The summed E-state index contributed by atoms with van der Waals surface area (Å²) in [5.74, 6) is -1.63. The topological polar surface area (TPSA) is 86.8 Å². The van der Waals surface area contributed by atoms with Gasteiger partial charge in [-0.2, -0.15) is 0 Å². The minimum atomic E-state index is -3.92. The van der Waals surface area contributed by atoms with Crippen LogP contribution in [-0.2, 0) is 26.2 Å². The highest BCUT2D eigenvalue weighted by Gasteiger charge is 2.30. The summed E-state index contributed by atoms with van der Waals surface area (Å²) >= 11 is 5.84. The summed E-state index contributed by atoms with van der Waals surface area (Å²) < 4.78 is 39.5. The van der Waals surface area contributed by atoms with E-state index in [1.54, 1.807) is 6.92 Å². The fourth-order valence-corrected chi connectivity index (χ4v) is 4.33. The van der Waals surface area contributed by atoms with E-state index in [1.165, 1.54) is 11.0 Å². The Bertz CT molecular complexity index is 1140. The van der Waals surface area contributed by atoms with Crippen LogP contribution >= 0.6 is 11.6 Å². The smallest absolute Gasteiger partial charge is 0.244 e. The number of amides is 2. The minimum Gasteiger partial charge on any atom is -0.352 e. The summed E-state index contributed by atoms with van der Waals surface area (Å²) in [6.07, 6.45) is 1.67. The van der Waals surface area contributed by atoms with Crippen LogP contribution in [0.5, 0.6) is 0 Å². The van der Waals surface area contributed by atoms with Crippen molar-refractivity contribution in [2.75, 3.05) is 17.1 Å². The molecule has 0 saturated heterocycles. The summed E-state index contributed by atoms with van der Waals surface area (Å²) in [6.45, 7) is 6.85. The molecule has 2 aromatic carbocycles. The number of hydrogen-bond donors (Lipinski definition) is 1. The predicted molar refractivity (Wildman–Crippen MR) is 133 cm³/mol. The molecular formula is C24H31ClFN3O4S. The average molecular weight is 512 g/mol. The van der Waals surface area contributed by atoms with Crippen LogP contribution in [0.15, 0.2) is 42.5 Å². The summed E-state index contributed by atoms with van der Waals surface area (Å²) in [4.78, 5) is 27.6. The number of nitrogens with one attached hydrogen (secondary N) is 1. The van der Waals surface area contributed by atoms with Gasteiger partial charge < -0.3 is 10.2 Å². The van der Waals surface area contributed by atoms with E-state index in [2.05, 4.69) is 5.32 Å². The Hall–Kier alpha value is -2.65. The number of hydrogen-bond acceptors (Lipinski definition) is 4. The summed E-state index contributed by atoms with van der Waals surface area (Å²) in [6, 6.07) is 9.97. The maximum Gasteiger partial charge on any atom is 0.244 e. The number of halogens is 2. The molecule has 0 aliphatic rings. The van der Waals surface area contributed by atoms with Crippen LogP contribution in [0.25, 0.3) is 0 Å². The van der Waals surface area contributed by atoms with Crippen molar-refractivity contribution in [2.24, 2.45) is 0 Å². The van der Waals surface area contributed by atoms with E-state index in [9.17, 15) is 22.4 Å². The fourth-order valence-electron chi connectivity index (χ4n) is 3.31. The number of nitrogens with zero attached hydrogens (tertiary/aromatic N) is 2. The summed E-state index contributed by atoms with van der Waals surface area (Å²) in [7, 11) is -3.92. The number of rotatable bonds is 10. The first-order valence-electron chi connectivity index (χ1n) is 10.9. The molecule has 0 saturated carbocycles. The first-order chi connectivity index (χ1) is 15.8. The molecule has 10 heteroatoms. The van der Waals surface area contributed by atoms with Crippen molar-refractivity contribution >= 4 is 39.1 Å². The Kier molecular flexibility index (Phi) is 9.46. The van der Waals surface area contributed by atoms with Gasteiger partial charge in [0.25, 0.3) is 0 Å². The first kappa shape index (κ1) is 27.6. The second-order valence-electron chi connectivity index (χ2n) is 8.37. The number of benzene rings is 2. The molecule has 0 bridgehead atoms. The molecule has 0 heterocycles. The molecule has 186 valence electrons. The number of carbonyl (C=O) groups excluding carboxylic acids is 2. The van der Waals surface area contributed by atoms with Crippen molar-refractivity contribution in [1.82, 2.24) is 10.2 Å². The lowest BCUT2D eigenvalue weighted by molar-refractivity contribution is -0.139. The normalized spacial score (nSPS) is 13.1. The maximum atomic E-state index is 13.6. The van der Waals surface area contributed by atoms with E-state index >= 15 is 0 Å². The zero-order valence-corrected chi connectivity index (χ0v) is 21.6. The van der Waals surface area contributed by atoms with E-state index in [1.807, 2.05) is 45.0 Å². The lowest BCUT2D eigenvalue weighted by Gasteiger charge is -2.32. The zero-order chi connectivity index (χ0) is 25.6. The second-order valence-corrected chi connectivity index (χ2v) is 10.7. The van der Waals surface area contributed by atoms with Crippen molar-refractivity contribution in [2.45, 2.75) is 52.7 Å². The lowest BCUT2D eigenvalue weighted by atomic mass is 10.1. The van der Waals surface area contributed by atoms with Crippen molar-refractivity contribution in [1.29, 1.82) is 0 Å². The van der Waals surface area contributed by atoms with E-state index in [0.717, 1.165) is 40.2 Å². The highest BCUT2D eigenvalue weighted by Crippen LogP contribution is 2.25. The SMILES string of the molecule is CC[C@@H](C)NC(=O)[C@H](C)N(Cc1cccc(C)c1)C(=O)CN(c1ccc(F)c(Cl)c1)S(C)(=O)=O. The van der Waals surface area contributed by atoms with Gasteiger partial charge in [-0.05, 0) is 51.0 Å². The number of sulfonamides is 1. The maximum absolute atomic E-state index is 13.6. The molecule has 1 N–H and O–H groups in total. The van der Waals surface area contributed by atoms with Gasteiger partial charge in [-0.3, -0.25) is 13.9 Å². The molecular weight excluding hydrogens is 481 g/mol. The molecule has 34 heavy (non-hydrogen) atoms. The van der Waals surface area contributed by atoms with Gasteiger partial charge in [0.2, 0.25) is 21.8 Å². The van der Waals surface area contributed by atoms with Crippen molar-refractivity contribution in [3.63, 3.8) is 0 Å². The number of carbonyl (C=O) groups is 2. The molecule has 0 aromatic heterocycles. The Morgan fingerprint density at radius 2 is 1.82 bits per heavy atom. The largest absolute Gasteiger partial charge is 0.352 e. The molecule has 7 nitrogen and oxygen atoms in total. The summed E-state index contributed by atoms with van der Waals surface area (Å²) in [5, 5.41) is 2.60. The molecule has 2 aromatic rings. The third kappa shape index (κ3) is 7.43. The van der Waals surface area contributed by atoms with Crippen LogP contribution in [0.3, 0.4) is 0 Å². The molecule has 0 aliphatic heterocycles. The van der Waals surface area contributed by atoms with Crippen LogP contribution in [-0.4, -0.2) is 50.0 Å². The van der Waals surface area contributed by atoms with Crippen LogP contribution < -0.4 is 9.62 Å². The fraction of sp³-hybridized carbons (Fsp3) is 0.417. The van der Waals surface area contributed by atoms with Crippen molar-refractivity contribution in [3.8, 4) is 0 Å². The van der Waals surface area contributed by atoms with Gasteiger partial charge in [0.1, 0.15) is 18.4 Å². The Morgan fingerprint density at radius 3 is 2.38 bits per heavy atom. The molecule has 0 spiro atoms.